The molecule has 0 aliphatic heterocycles. The molecule has 1 aromatic heterocycles. The van der Waals surface area contributed by atoms with E-state index in [1.807, 2.05) is 0 Å². The number of nitro groups is 1. The smallest absolute Gasteiger partial charge is 0.428 e. The van der Waals surface area contributed by atoms with Gasteiger partial charge in [-0.15, -0.1) is 0 Å². The van der Waals surface area contributed by atoms with Crippen LogP contribution in [0.2, 0.25) is 5.02 Å². The maximum atomic E-state index is 13.0. The molecule has 0 aliphatic carbocycles. The SMILES string of the molecule is O=c1cc(C(F)(F)F)ccn1-c1c(Cl)cc(OC(F)(F)C(F)F)cc1[N+](=O)[O-]. The zero-order chi connectivity index (χ0) is 21.4. The predicted octanol–water partition coefficient (Wildman–Crippen LogP) is 4.65. The van der Waals surface area contributed by atoms with Crippen LogP contribution in [-0.4, -0.2) is 22.0 Å². The number of benzene rings is 1. The van der Waals surface area contributed by atoms with Gasteiger partial charge in [-0.3, -0.25) is 19.5 Å². The summed E-state index contributed by atoms with van der Waals surface area (Å²) in [7, 11) is 0. The van der Waals surface area contributed by atoms with E-state index in [4.69, 9.17) is 11.6 Å². The van der Waals surface area contributed by atoms with E-state index in [0.29, 0.717) is 22.9 Å². The summed E-state index contributed by atoms with van der Waals surface area (Å²) in [5.41, 5.74) is -4.62. The van der Waals surface area contributed by atoms with Crippen molar-refractivity contribution in [3.8, 4) is 11.4 Å². The third-order valence-electron chi connectivity index (χ3n) is 3.21. The summed E-state index contributed by atoms with van der Waals surface area (Å²) in [6.07, 6.45) is -13.6. The van der Waals surface area contributed by atoms with Crippen LogP contribution in [0.5, 0.6) is 5.75 Å². The molecule has 0 saturated carbocycles. The van der Waals surface area contributed by atoms with E-state index >= 15 is 0 Å². The van der Waals surface area contributed by atoms with Crippen LogP contribution in [0.15, 0.2) is 35.3 Å². The molecular formula is C14H6ClF7N2O4. The minimum Gasteiger partial charge on any atom is -0.428 e. The topological polar surface area (TPSA) is 74.4 Å². The summed E-state index contributed by atoms with van der Waals surface area (Å²) in [5.74, 6) is -1.12. The Hall–Kier alpha value is -2.83. The lowest BCUT2D eigenvalue weighted by molar-refractivity contribution is -0.384. The molecule has 0 radical (unpaired) electrons. The number of halogens is 8. The van der Waals surface area contributed by atoms with Crippen LogP contribution in [0.1, 0.15) is 5.56 Å². The highest BCUT2D eigenvalue weighted by atomic mass is 35.5. The molecule has 0 aliphatic rings. The minimum atomic E-state index is -5.00. The Morgan fingerprint density at radius 2 is 1.75 bits per heavy atom. The van der Waals surface area contributed by atoms with Crippen molar-refractivity contribution >= 4 is 17.3 Å². The van der Waals surface area contributed by atoms with Crippen LogP contribution in [0.3, 0.4) is 0 Å². The van der Waals surface area contributed by atoms with E-state index in [1.165, 1.54) is 0 Å². The highest BCUT2D eigenvalue weighted by Crippen LogP contribution is 2.37. The van der Waals surface area contributed by atoms with Gasteiger partial charge in [0, 0.05) is 18.3 Å². The minimum absolute atomic E-state index is 0.134. The highest BCUT2D eigenvalue weighted by molar-refractivity contribution is 6.33. The zero-order valence-corrected chi connectivity index (χ0v) is 13.8. The number of hydrogen-bond acceptors (Lipinski definition) is 4. The molecule has 0 spiro atoms. The van der Waals surface area contributed by atoms with Gasteiger partial charge in [0.1, 0.15) is 11.4 Å². The largest absolute Gasteiger partial charge is 0.461 e. The van der Waals surface area contributed by atoms with E-state index in [-0.39, 0.29) is 12.1 Å². The van der Waals surface area contributed by atoms with Crippen molar-refractivity contribution < 1.29 is 40.4 Å². The number of aromatic nitrogens is 1. The first-order valence-electron chi connectivity index (χ1n) is 6.87. The summed E-state index contributed by atoms with van der Waals surface area (Å²) in [6, 6.07) is 1.32. The maximum absolute atomic E-state index is 13.0. The molecule has 0 fully saturated rings. The van der Waals surface area contributed by atoms with Crippen LogP contribution in [-0.2, 0) is 6.18 Å². The maximum Gasteiger partial charge on any atom is 0.461 e. The Labute approximate surface area is 154 Å². The molecule has 1 heterocycles. The Kier molecular flexibility index (Phi) is 5.59. The van der Waals surface area contributed by atoms with Crippen molar-refractivity contribution in [1.29, 1.82) is 0 Å². The number of nitro benzene ring substituents is 1. The number of alkyl halides is 7. The Morgan fingerprint density at radius 1 is 1.14 bits per heavy atom. The number of pyridine rings is 1. The van der Waals surface area contributed by atoms with Gasteiger partial charge in [-0.25, -0.2) is 0 Å². The zero-order valence-electron chi connectivity index (χ0n) is 13.0. The highest BCUT2D eigenvalue weighted by Gasteiger charge is 2.44. The number of nitrogens with zero attached hydrogens (tertiary/aromatic N) is 2. The molecule has 0 saturated heterocycles. The van der Waals surface area contributed by atoms with Crippen molar-refractivity contribution in [2.24, 2.45) is 0 Å². The van der Waals surface area contributed by atoms with Gasteiger partial charge in [-0.05, 0) is 6.07 Å². The molecule has 1 aromatic carbocycles. The van der Waals surface area contributed by atoms with Crippen LogP contribution < -0.4 is 10.3 Å². The third-order valence-corrected chi connectivity index (χ3v) is 3.50. The summed E-state index contributed by atoms with van der Waals surface area (Å²) < 4.78 is 92.4. The molecule has 152 valence electrons. The standard InChI is InChI=1S/C14H6ClF7N2O4/c15-8-4-7(28-14(21,22)12(16)17)5-9(24(26)27)11(8)23-2-1-6(3-10(23)25)13(18,19)20/h1-5,12H. The Bertz CT molecular complexity index is 975. The third kappa shape index (κ3) is 4.35. The first kappa shape index (κ1) is 21.5. The number of ether oxygens (including phenoxy) is 1. The lowest BCUT2D eigenvalue weighted by atomic mass is 10.2. The van der Waals surface area contributed by atoms with E-state index in [0.717, 1.165) is 0 Å². The molecule has 2 aromatic rings. The molecule has 6 nitrogen and oxygen atoms in total. The van der Waals surface area contributed by atoms with Gasteiger partial charge >= 0.3 is 18.7 Å². The van der Waals surface area contributed by atoms with Gasteiger partial charge in [-0.1, -0.05) is 11.6 Å². The second-order valence-electron chi connectivity index (χ2n) is 5.12. The van der Waals surface area contributed by atoms with E-state index < -0.39 is 56.9 Å². The fraction of sp³-hybridized carbons (Fsp3) is 0.214. The van der Waals surface area contributed by atoms with Crippen LogP contribution in [0.4, 0.5) is 36.4 Å². The molecule has 0 atom stereocenters. The summed E-state index contributed by atoms with van der Waals surface area (Å²) in [4.78, 5) is 21.9. The van der Waals surface area contributed by atoms with E-state index in [2.05, 4.69) is 4.74 Å². The summed E-state index contributed by atoms with van der Waals surface area (Å²) >= 11 is 5.72. The van der Waals surface area contributed by atoms with Gasteiger partial charge < -0.3 is 4.74 Å². The number of hydrogen-bond donors (Lipinski definition) is 0. The van der Waals surface area contributed by atoms with Crippen LogP contribution in [0, 0.1) is 10.1 Å². The number of rotatable bonds is 5. The lowest BCUT2D eigenvalue weighted by Gasteiger charge is -2.18. The first-order chi connectivity index (χ1) is 12.7. The molecule has 2 rings (SSSR count). The fourth-order valence-corrected chi connectivity index (χ4v) is 2.33. The van der Waals surface area contributed by atoms with Crippen molar-refractivity contribution in [2.75, 3.05) is 0 Å². The van der Waals surface area contributed by atoms with Gasteiger partial charge in [0.25, 0.3) is 11.2 Å². The first-order valence-corrected chi connectivity index (χ1v) is 7.25. The van der Waals surface area contributed by atoms with Gasteiger partial charge in [-0.2, -0.15) is 30.7 Å². The molecule has 0 N–H and O–H groups in total. The Morgan fingerprint density at radius 3 is 2.21 bits per heavy atom. The second-order valence-corrected chi connectivity index (χ2v) is 5.52. The van der Waals surface area contributed by atoms with Crippen molar-refractivity contribution in [2.45, 2.75) is 18.7 Å². The van der Waals surface area contributed by atoms with Crippen molar-refractivity contribution in [3.63, 3.8) is 0 Å². The molecule has 0 unspecified atom stereocenters. The van der Waals surface area contributed by atoms with Crippen molar-refractivity contribution in [1.82, 2.24) is 4.57 Å². The van der Waals surface area contributed by atoms with Crippen LogP contribution >= 0.6 is 11.6 Å². The summed E-state index contributed by atoms with van der Waals surface area (Å²) in [6.45, 7) is 0. The van der Waals surface area contributed by atoms with Gasteiger partial charge in [0.15, 0.2) is 0 Å². The molecular weight excluding hydrogens is 429 g/mol. The Balaban J connectivity index is 2.63. The molecule has 28 heavy (non-hydrogen) atoms. The lowest BCUT2D eigenvalue weighted by Crippen LogP contribution is -2.33. The molecule has 0 bridgehead atoms. The van der Waals surface area contributed by atoms with Gasteiger partial charge in [0.05, 0.1) is 21.6 Å². The monoisotopic (exact) mass is 434 g/mol. The molecule has 14 heteroatoms. The van der Waals surface area contributed by atoms with E-state index in [1.54, 1.807) is 0 Å². The average molecular weight is 435 g/mol. The summed E-state index contributed by atoms with van der Waals surface area (Å²) in [5, 5.41) is 10.4. The van der Waals surface area contributed by atoms with Crippen LogP contribution in [0.25, 0.3) is 5.69 Å². The normalized spacial score (nSPS) is 12.3. The second kappa shape index (κ2) is 7.30. The average Bonchev–Trinajstić information content (AvgIpc) is 2.53. The van der Waals surface area contributed by atoms with E-state index in [9.17, 15) is 45.6 Å². The fourth-order valence-electron chi connectivity index (χ4n) is 2.04. The quantitative estimate of drug-likeness (QED) is 0.390. The molecule has 0 amide bonds. The predicted molar refractivity (Wildman–Crippen MR) is 80.3 cm³/mol. The van der Waals surface area contributed by atoms with Gasteiger partial charge in [0.2, 0.25) is 0 Å². The van der Waals surface area contributed by atoms with Crippen molar-refractivity contribution in [3.05, 3.63) is 61.5 Å².